The first-order valence-corrected chi connectivity index (χ1v) is 8.97. The van der Waals surface area contributed by atoms with Crippen molar-refractivity contribution >= 4 is 34.7 Å². The molecule has 0 bridgehead atoms. The Hall–Kier alpha value is -0.710. The number of hydrogen-bond acceptors (Lipinski definition) is 4. The molecule has 0 aliphatic carbocycles. The molecule has 21 heavy (non-hydrogen) atoms. The van der Waals surface area contributed by atoms with Gasteiger partial charge in [-0.2, -0.15) is 0 Å². The quantitative estimate of drug-likeness (QED) is 0.642. The summed E-state index contributed by atoms with van der Waals surface area (Å²) < 4.78 is 6.87. The predicted octanol–water partition coefficient (Wildman–Crippen LogP) is 5.55. The van der Waals surface area contributed by atoms with E-state index in [-0.39, 0.29) is 5.41 Å². The maximum atomic E-state index is 5.90. The van der Waals surface area contributed by atoms with Crippen LogP contribution >= 0.6 is 34.7 Å². The predicted molar refractivity (Wildman–Crippen MR) is 92.1 cm³/mol. The van der Waals surface area contributed by atoms with Crippen molar-refractivity contribution in [3.63, 3.8) is 0 Å². The first-order chi connectivity index (χ1) is 9.89. The van der Waals surface area contributed by atoms with Gasteiger partial charge in [0.15, 0.2) is 4.34 Å². The van der Waals surface area contributed by atoms with Crippen LogP contribution in [0.2, 0.25) is 0 Å². The third-order valence-electron chi connectivity index (χ3n) is 3.03. The highest BCUT2D eigenvalue weighted by Gasteiger charge is 2.17. The second kappa shape index (κ2) is 7.03. The summed E-state index contributed by atoms with van der Waals surface area (Å²) in [6.45, 7) is 8.96. The number of alkyl halides is 1. The van der Waals surface area contributed by atoms with Gasteiger partial charge in [0, 0.05) is 21.1 Å². The zero-order valence-electron chi connectivity index (χ0n) is 12.8. The Morgan fingerprint density at radius 3 is 2.43 bits per heavy atom. The van der Waals surface area contributed by atoms with E-state index in [1.807, 2.05) is 19.1 Å². The third kappa shape index (κ3) is 4.90. The molecule has 0 radical (unpaired) electrons. The summed E-state index contributed by atoms with van der Waals surface area (Å²) >= 11 is 9.33. The highest BCUT2D eigenvalue weighted by atomic mass is 35.5. The standard InChI is InChI=1S/C16H20ClNOS2/c1-11-12(2)20-15(18-11)21-14-7-5-13(6-8-14)19-10-16(3,4)9-17/h5-8H,9-10H2,1-4H3. The minimum absolute atomic E-state index is 0.00901. The van der Waals surface area contributed by atoms with E-state index < -0.39 is 0 Å². The number of nitrogens with zero attached hydrogens (tertiary/aromatic N) is 1. The number of ether oxygens (including phenoxy) is 1. The summed E-state index contributed by atoms with van der Waals surface area (Å²) in [6, 6.07) is 8.14. The first-order valence-electron chi connectivity index (χ1n) is 6.80. The Kier molecular flexibility index (Phi) is 5.58. The van der Waals surface area contributed by atoms with Crippen LogP contribution in [0, 0.1) is 19.3 Å². The van der Waals surface area contributed by atoms with Gasteiger partial charge in [-0.25, -0.2) is 4.98 Å². The van der Waals surface area contributed by atoms with Crippen LogP contribution in [0.5, 0.6) is 5.75 Å². The summed E-state index contributed by atoms with van der Waals surface area (Å²) in [4.78, 5) is 7.00. The smallest absolute Gasteiger partial charge is 0.155 e. The van der Waals surface area contributed by atoms with Crippen LogP contribution in [0.4, 0.5) is 0 Å². The lowest BCUT2D eigenvalue weighted by molar-refractivity contribution is 0.200. The van der Waals surface area contributed by atoms with E-state index in [0.29, 0.717) is 12.5 Å². The van der Waals surface area contributed by atoms with Gasteiger partial charge in [-0.1, -0.05) is 25.6 Å². The monoisotopic (exact) mass is 341 g/mol. The van der Waals surface area contributed by atoms with Crippen molar-refractivity contribution in [2.24, 2.45) is 5.41 Å². The minimum atomic E-state index is -0.00901. The molecule has 5 heteroatoms. The molecule has 1 aromatic carbocycles. The molecule has 2 aromatic rings. The highest BCUT2D eigenvalue weighted by molar-refractivity contribution is 8.01. The Labute approximate surface area is 139 Å². The molecule has 114 valence electrons. The molecule has 0 amide bonds. The van der Waals surface area contributed by atoms with Crippen LogP contribution in [-0.2, 0) is 0 Å². The fraction of sp³-hybridized carbons (Fsp3) is 0.438. The number of thiazole rings is 1. The number of rotatable bonds is 6. The molecule has 0 spiro atoms. The third-order valence-corrected chi connectivity index (χ3v) is 5.89. The average Bonchev–Trinajstić information content (AvgIpc) is 2.77. The van der Waals surface area contributed by atoms with Crippen LogP contribution in [0.25, 0.3) is 0 Å². The van der Waals surface area contributed by atoms with E-state index in [1.54, 1.807) is 23.1 Å². The molecule has 0 atom stereocenters. The molecule has 0 unspecified atom stereocenters. The van der Waals surface area contributed by atoms with Crippen LogP contribution in [-0.4, -0.2) is 17.5 Å². The number of aryl methyl sites for hydroxylation is 2. The average molecular weight is 342 g/mol. The number of benzene rings is 1. The van der Waals surface area contributed by atoms with Gasteiger partial charge < -0.3 is 4.74 Å². The van der Waals surface area contributed by atoms with Gasteiger partial charge in [0.25, 0.3) is 0 Å². The van der Waals surface area contributed by atoms with Gasteiger partial charge in [0.05, 0.1) is 12.3 Å². The van der Waals surface area contributed by atoms with Gasteiger partial charge >= 0.3 is 0 Å². The van der Waals surface area contributed by atoms with E-state index in [0.717, 1.165) is 15.8 Å². The number of hydrogen-bond donors (Lipinski definition) is 0. The van der Waals surface area contributed by atoms with E-state index in [9.17, 15) is 0 Å². The fourth-order valence-corrected chi connectivity index (χ4v) is 3.71. The van der Waals surface area contributed by atoms with Gasteiger partial charge in [0.2, 0.25) is 0 Å². The Morgan fingerprint density at radius 2 is 1.90 bits per heavy atom. The van der Waals surface area contributed by atoms with Gasteiger partial charge in [-0.05, 0) is 38.1 Å². The molecule has 0 saturated heterocycles. The maximum Gasteiger partial charge on any atom is 0.155 e. The number of halogens is 1. The summed E-state index contributed by atoms with van der Waals surface area (Å²) in [5.41, 5.74) is 1.11. The maximum absolute atomic E-state index is 5.90. The van der Waals surface area contributed by atoms with Crippen molar-refractivity contribution in [2.75, 3.05) is 12.5 Å². The molecule has 0 fully saturated rings. The van der Waals surface area contributed by atoms with Gasteiger partial charge in [0.1, 0.15) is 5.75 Å². The molecule has 0 saturated carbocycles. The SMILES string of the molecule is Cc1nc(Sc2ccc(OCC(C)(C)CCl)cc2)sc1C. The van der Waals surface area contributed by atoms with Gasteiger partial charge in [-0.3, -0.25) is 0 Å². The van der Waals surface area contributed by atoms with Crippen LogP contribution in [0.15, 0.2) is 33.5 Å². The van der Waals surface area contributed by atoms with Crippen molar-refractivity contribution in [3.8, 4) is 5.75 Å². The van der Waals surface area contributed by atoms with E-state index in [2.05, 4.69) is 37.9 Å². The second-order valence-corrected chi connectivity index (χ2v) is 8.57. The zero-order valence-corrected chi connectivity index (χ0v) is 15.2. The Bertz CT molecular complexity index is 573. The molecule has 1 aromatic heterocycles. The van der Waals surface area contributed by atoms with E-state index in [1.165, 1.54) is 9.77 Å². The fourth-order valence-electron chi connectivity index (χ4n) is 1.51. The van der Waals surface area contributed by atoms with Crippen LogP contribution in [0.1, 0.15) is 24.4 Å². The summed E-state index contributed by atoms with van der Waals surface area (Å²) in [6.07, 6.45) is 0. The lowest BCUT2D eigenvalue weighted by Crippen LogP contribution is -2.22. The minimum Gasteiger partial charge on any atom is -0.493 e. The molecular formula is C16H20ClNOS2. The van der Waals surface area contributed by atoms with E-state index >= 15 is 0 Å². The zero-order chi connectivity index (χ0) is 15.5. The molecule has 0 aliphatic rings. The lowest BCUT2D eigenvalue weighted by Gasteiger charge is -2.21. The Morgan fingerprint density at radius 1 is 1.24 bits per heavy atom. The van der Waals surface area contributed by atoms with Crippen molar-refractivity contribution < 1.29 is 4.74 Å². The van der Waals surface area contributed by atoms with Crippen molar-refractivity contribution in [2.45, 2.75) is 36.9 Å². The Balaban J connectivity index is 1.95. The normalized spacial score (nSPS) is 11.7. The van der Waals surface area contributed by atoms with Crippen LogP contribution < -0.4 is 4.74 Å². The summed E-state index contributed by atoms with van der Waals surface area (Å²) in [5.74, 6) is 1.47. The lowest BCUT2D eigenvalue weighted by atomic mass is 9.98. The molecule has 2 rings (SSSR count). The largest absolute Gasteiger partial charge is 0.493 e. The van der Waals surface area contributed by atoms with Gasteiger partial charge in [-0.15, -0.1) is 22.9 Å². The molecule has 0 aliphatic heterocycles. The molecular weight excluding hydrogens is 322 g/mol. The number of aromatic nitrogens is 1. The first kappa shape index (κ1) is 16.7. The van der Waals surface area contributed by atoms with Crippen LogP contribution in [0.3, 0.4) is 0 Å². The van der Waals surface area contributed by atoms with Crippen molar-refractivity contribution in [3.05, 3.63) is 34.8 Å². The molecule has 2 nitrogen and oxygen atoms in total. The second-order valence-electron chi connectivity index (χ2n) is 5.78. The topological polar surface area (TPSA) is 22.1 Å². The highest BCUT2D eigenvalue weighted by Crippen LogP contribution is 2.33. The molecule has 1 heterocycles. The summed E-state index contributed by atoms with van der Waals surface area (Å²) in [5, 5.41) is 0. The van der Waals surface area contributed by atoms with Crippen molar-refractivity contribution in [1.82, 2.24) is 4.98 Å². The van der Waals surface area contributed by atoms with E-state index in [4.69, 9.17) is 16.3 Å². The molecule has 0 N–H and O–H groups in total. The van der Waals surface area contributed by atoms with Crippen molar-refractivity contribution in [1.29, 1.82) is 0 Å². The summed E-state index contributed by atoms with van der Waals surface area (Å²) in [7, 11) is 0.